The lowest BCUT2D eigenvalue weighted by atomic mass is 10.1. The zero-order chi connectivity index (χ0) is 10.1. The van der Waals surface area contributed by atoms with Crippen molar-refractivity contribution in [2.75, 3.05) is 6.61 Å². The van der Waals surface area contributed by atoms with Gasteiger partial charge in [0.25, 0.3) is 0 Å². The Balaban J connectivity index is 2.49. The van der Waals surface area contributed by atoms with Gasteiger partial charge in [-0.2, -0.15) is 0 Å². The first kappa shape index (κ1) is 11.0. The molecule has 0 heterocycles. The van der Waals surface area contributed by atoms with Gasteiger partial charge in [-0.25, -0.2) is 0 Å². The molecule has 0 radical (unpaired) electrons. The van der Waals surface area contributed by atoms with Gasteiger partial charge in [0.15, 0.2) is 0 Å². The molecular weight excluding hydrogens is 176 g/mol. The van der Waals surface area contributed by atoms with Crippen molar-refractivity contribution in [1.82, 2.24) is 0 Å². The highest BCUT2D eigenvalue weighted by Crippen LogP contribution is 2.67. The largest absolute Gasteiger partial charge is 0.396 e. The second kappa shape index (κ2) is 3.58. The fraction of sp³-hybridized carbons (Fsp3) is 0.818. The summed E-state index contributed by atoms with van der Waals surface area (Å²) in [6.45, 7) is 11.8. The zero-order valence-electron chi connectivity index (χ0n) is 9.19. The van der Waals surface area contributed by atoms with E-state index in [0.717, 1.165) is 6.42 Å². The lowest BCUT2D eigenvalue weighted by Gasteiger charge is -2.28. The van der Waals surface area contributed by atoms with Crippen LogP contribution in [0.25, 0.3) is 0 Å². The summed E-state index contributed by atoms with van der Waals surface area (Å²) in [5, 5.41) is 9.27. The predicted octanol–water partition coefficient (Wildman–Crippen LogP) is 3.19. The van der Waals surface area contributed by atoms with E-state index < -0.39 is 8.07 Å². The van der Waals surface area contributed by atoms with Crippen LogP contribution in [0.4, 0.5) is 0 Å². The van der Waals surface area contributed by atoms with Crippen molar-refractivity contribution in [2.45, 2.75) is 50.4 Å². The maximum Gasteiger partial charge on any atom is 0.0556 e. The van der Waals surface area contributed by atoms with E-state index in [1.54, 1.807) is 0 Å². The van der Waals surface area contributed by atoms with E-state index >= 15 is 0 Å². The number of aliphatic hydroxyl groups excluding tert-OH is 1. The third-order valence-electron chi connectivity index (χ3n) is 3.51. The van der Waals surface area contributed by atoms with Crippen molar-refractivity contribution in [1.29, 1.82) is 0 Å². The van der Waals surface area contributed by atoms with E-state index in [-0.39, 0.29) is 0 Å². The van der Waals surface area contributed by atoms with Gasteiger partial charge >= 0.3 is 0 Å². The average molecular weight is 198 g/mol. The van der Waals surface area contributed by atoms with Crippen LogP contribution in [0.2, 0.25) is 24.7 Å². The third-order valence-corrected chi connectivity index (χ3v) is 7.17. The normalized spacial score (nSPS) is 27.8. The van der Waals surface area contributed by atoms with Crippen LogP contribution < -0.4 is 0 Å². The summed E-state index contributed by atoms with van der Waals surface area (Å²) < 4.78 is 0. The summed E-state index contributed by atoms with van der Waals surface area (Å²) in [6.07, 6.45) is 4.65. The zero-order valence-corrected chi connectivity index (χ0v) is 10.2. The minimum absolute atomic E-state index is 0.342. The molecule has 1 nitrogen and oxygen atoms in total. The Hall–Kier alpha value is -0.0831. The van der Waals surface area contributed by atoms with E-state index in [1.165, 1.54) is 24.8 Å². The summed E-state index contributed by atoms with van der Waals surface area (Å²) >= 11 is 0. The molecule has 76 valence electrons. The highest BCUT2D eigenvalue weighted by molar-refractivity contribution is 6.81. The first-order valence-corrected chi connectivity index (χ1v) is 8.73. The van der Waals surface area contributed by atoms with Crippen molar-refractivity contribution in [3.8, 4) is 0 Å². The van der Waals surface area contributed by atoms with Gasteiger partial charge in [-0.3, -0.25) is 0 Å². The minimum Gasteiger partial charge on any atom is -0.396 e. The summed E-state index contributed by atoms with van der Waals surface area (Å²) in [6, 6.07) is 0. The van der Waals surface area contributed by atoms with Crippen molar-refractivity contribution in [2.24, 2.45) is 0 Å². The Labute approximate surface area is 82.9 Å². The molecule has 0 aromatic carbocycles. The quantitative estimate of drug-likeness (QED) is 0.409. The molecule has 1 N–H and O–H groups in total. The van der Waals surface area contributed by atoms with Crippen LogP contribution in [-0.4, -0.2) is 19.8 Å². The SMILES string of the molecule is C=C1CC1(CCCCO)[Si](C)(C)C. The molecule has 1 aliphatic rings. The van der Waals surface area contributed by atoms with Crippen LogP contribution in [0.15, 0.2) is 12.2 Å². The lowest BCUT2D eigenvalue weighted by molar-refractivity contribution is 0.282. The Morgan fingerprint density at radius 2 is 1.92 bits per heavy atom. The molecule has 0 aliphatic heterocycles. The Morgan fingerprint density at radius 1 is 1.38 bits per heavy atom. The third kappa shape index (κ3) is 2.05. The van der Waals surface area contributed by atoms with Crippen LogP contribution in [0.3, 0.4) is 0 Å². The van der Waals surface area contributed by atoms with Crippen LogP contribution >= 0.6 is 0 Å². The standard InChI is InChI=1S/C11H22OSi/c1-10-9-11(10,13(2,3)4)7-5-6-8-12/h12H,1,5-9H2,2-4H3. The molecule has 0 spiro atoms. The highest BCUT2D eigenvalue weighted by atomic mass is 28.3. The molecule has 0 saturated heterocycles. The first-order chi connectivity index (χ1) is 5.94. The molecule has 1 aliphatic carbocycles. The van der Waals surface area contributed by atoms with Gasteiger partial charge in [-0.1, -0.05) is 38.2 Å². The van der Waals surface area contributed by atoms with Gasteiger partial charge in [-0.15, -0.1) is 0 Å². The molecule has 0 amide bonds. The maximum atomic E-state index is 8.74. The highest BCUT2D eigenvalue weighted by Gasteiger charge is 2.55. The van der Waals surface area contributed by atoms with Gasteiger partial charge in [-0.05, 0) is 24.3 Å². The number of allylic oxidation sites excluding steroid dienone is 1. The molecule has 0 aromatic rings. The number of aliphatic hydroxyl groups is 1. The summed E-state index contributed by atoms with van der Waals surface area (Å²) in [7, 11) is -1.07. The van der Waals surface area contributed by atoms with Gasteiger partial charge < -0.3 is 5.11 Å². The predicted molar refractivity (Wildman–Crippen MR) is 60.7 cm³/mol. The minimum atomic E-state index is -1.07. The van der Waals surface area contributed by atoms with Gasteiger partial charge in [0.2, 0.25) is 0 Å². The molecule has 1 atom stereocenters. The molecule has 1 rings (SSSR count). The lowest BCUT2D eigenvalue weighted by Crippen LogP contribution is -2.29. The maximum absolute atomic E-state index is 8.74. The van der Waals surface area contributed by atoms with Gasteiger partial charge in [0.05, 0.1) is 8.07 Å². The molecule has 1 fully saturated rings. The van der Waals surface area contributed by atoms with Crippen LogP contribution in [0.1, 0.15) is 25.7 Å². The van der Waals surface area contributed by atoms with Crippen molar-refractivity contribution in [3.05, 3.63) is 12.2 Å². The molecule has 0 aromatic heterocycles. The first-order valence-electron chi connectivity index (χ1n) is 5.23. The molecular formula is C11H22OSi. The topological polar surface area (TPSA) is 20.2 Å². The van der Waals surface area contributed by atoms with E-state index in [9.17, 15) is 0 Å². The van der Waals surface area contributed by atoms with Crippen LogP contribution in [0, 0.1) is 0 Å². The monoisotopic (exact) mass is 198 g/mol. The summed E-state index contributed by atoms with van der Waals surface area (Å²) in [5.74, 6) is 0. The van der Waals surface area contributed by atoms with Crippen LogP contribution in [0.5, 0.6) is 0 Å². The Bertz CT molecular complexity index is 205. The number of hydrogen-bond donors (Lipinski definition) is 1. The average Bonchev–Trinajstić information content (AvgIpc) is 2.62. The molecule has 2 heteroatoms. The second-order valence-electron chi connectivity index (χ2n) is 5.29. The van der Waals surface area contributed by atoms with E-state index in [4.69, 9.17) is 5.11 Å². The molecule has 1 unspecified atom stereocenters. The molecule has 1 saturated carbocycles. The van der Waals surface area contributed by atoms with Crippen molar-refractivity contribution >= 4 is 8.07 Å². The van der Waals surface area contributed by atoms with E-state index in [0.29, 0.717) is 11.6 Å². The van der Waals surface area contributed by atoms with Gasteiger partial charge in [0, 0.05) is 6.61 Å². The fourth-order valence-corrected chi connectivity index (χ4v) is 5.03. The second-order valence-corrected chi connectivity index (χ2v) is 10.8. The van der Waals surface area contributed by atoms with Gasteiger partial charge in [0.1, 0.15) is 0 Å². The Morgan fingerprint density at radius 3 is 2.23 bits per heavy atom. The number of unbranched alkanes of at least 4 members (excludes halogenated alkanes) is 1. The molecule has 13 heavy (non-hydrogen) atoms. The number of rotatable bonds is 5. The van der Waals surface area contributed by atoms with Crippen molar-refractivity contribution < 1.29 is 5.11 Å². The smallest absolute Gasteiger partial charge is 0.0556 e. The van der Waals surface area contributed by atoms with E-state index in [1.807, 2.05) is 0 Å². The molecule has 0 bridgehead atoms. The summed E-state index contributed by atoms with van der Waals surface area (Å²) in [5.41, 5.74) is 1.48. The van der Waals surface area contributed by atoms with E-state index in [2.05, 4.69) is 26.2 Å². The van der Waals surface area contributed by atoms with Crippen LogP contribution in [-0.2, 0) is 0 Å². The fourth-order valence-electron chi connectivity index (χ4n) is 2.29. The summed E-state index contributed by atoms with van der Waals surface area (Å²) in [4.78, 5) is 0. The Kier molecular flexibility index (Phi) is 3.03. The number of hydrogen-bond acceptors (Lipinski definition) is 1. The van der Waals surface area contributed by atoms with Crippen molar-refractivity contribution in [3.63, 3.8) is 0 Å².